The zero-order chi connectivity index (χ0) is 16.3. The molecule has 0 amide bonds. The molecule has 4 rings (SSSR count). The normalized spacial score (nSPS) is 24.6. The molecule has 0 spiro atoms. The molecule has 1 aliphatic heterocycles. The highest BCUT2D eigenvalue weighted by molar-refractivity contribution is 5.73. The number of hydrogen-bond donors (Lipinski definition) is 1. The number of aryl methyl sites for hydroxylation is 1. The Labute approximate surface area is 134 Å². The molecule has 2 aromatic rings. The molecule has 1 saturated heterocycles. The molecule has 1 saturated carbocycles. The van der Waals surface area contributed by atoms with Crippen molar-refractivity contribution in [1.82, 2.24) is 4.40 Å². The third-order valence-electron chi connectivity index (χ3n) is 5.25. The monoisotopic (exact) mass is 315 g/mol. The largest absolute Gasteiger partial charge is 0.365 e. The average Bonchev–Trinajstić information content (AvgIpc) is 3.27. The minimum absolute atomic E-state index is 0.0703. The molecule has 2 N–H and O–H groups in total. The Kier molecular flexibility index (Phi) is 3.23. The van der Waals surface area contributed by atoms with Crippen molar-refractivity contribution in [2.75, 3.05) is 11.4 Å². The molecular weight excluding hydrogens is 293 g/mol. The Morgan fingerprint density at radius 3 is 2.65 bits per heavy atom. The van der Waals surface area contributed by atoms with E-state index < -0.39 is 0 Å². The predicted octanol–water partition coefficient (Wildman–Crippen LogP) is 2.55. The minimum atomic E-state index is -0.342. The van der Waals surface area contributed by atoms with Gasteiger partial charge in [-0.3, -0.25) is 9.20 Å². The third-order valence-corrected chi connectivity index (χ3v) is 5.25. The van der Waals surface area contributed by atoms with Crippen molar-refractivity contribution in [2.45, 2.75) is 51.1 Å². The van der Waals surface area contributed by atoms with Crippen LogP contribution in [0.2, 0.25) is 0 Å². The fourth-order valence-electron chi connectivity index (χ4n) is 4.02. The average molecular weight is 315 g/mol. The first-order valence-corrected chi connectivity index (χ1v) is 8.34. The molecule has 122 valence electrons. The smallest absolute Gasteiger partial charge is 0.255 e. The van der Waals surface area contributed by atoms with Crippen molar-refractivity contribution < 1.29 is 4.39 Å². The summed E-state index contributed by atoms with van der Waals surface area (Å²) in [7, 11) is 0. The van der Waals surface area contributed by atoms with Crippen molar-refractivity contribution in [3.05, 3.63) is 45.6 Å². The molecule has 0 aromatic carbocycles. The van der Waals surface area contributed by atoms with E-state index >= 15 is 0 Å². The number of fused-ring (bicyclic) bond motifs is 1. The minimum Gasteiger partial charge on any atom is -0.365 e. The number of rotatable bonds is 2. The molecule has 23 heavy (non-hydrogen) atoms. The summed E-state index contributed by atoms with van der Waals surface area (Å²) in [5.41, 5.74) is 9.39. The Morgan fingerprint density at radius 1 is 1.30 bits per heavy atom. The first kappa shape index (κ1) is 14.7. The Balaban J connectivity index is 1.99. The number of hydrogen-bond acceptors (Lipinski definition) is 3. The van der Waals surface area contributed by atoms with E-state index in [1.165, 1.54) is 16.2 Å². The molecular formula is C18H22FN3O. The van der Waals surface area contributed by atoms with E-state index in [9.17, 15) is 9.18 Å². The highest BCUT2D eigenvalue weighted by atomic mass is 19.1. The van der Waals surface area contributed by atoms with Gasteiger partial charge in [0, 0.05) is 24.7 Å². The van der Waals surface area contributed by atoms with Gasteiger partial charge in [-0.05, 0) is 50.2 Å². The van der Waals surface area contributed by atoms with Crippen LogP contribution in [0.25, 0.3) is 5.52 Å². The van der Waals surface area contributed by atoms with Gasteiger partial charge in [-0.2, -0.15) is 0 Å². The second-order valence-electron chi connectivity index (χ2n) is 7.07. The van der Waals surface area contributed by atoms with Crippen LogP contribution in [0.15, 0.2) is 23.1 Å². The van der Waals surface area contributed by atoms with Gasteiger partial charge in [-0.1, -0.05) is 6.07 Å². The van der Waals surface area contributed by atoms with Gasteiger partial charge in [-0.25, -0.2) is 4.39 Å². The molecule has 1 aliphatic carbocycles. The lowest BCUT2D eigenvalue weighted by Crippen LogP contribution is -2.31. The van der Waals surface area contributed by atoms with Gasteiger partial charge in [0.1, 0.15) is 0 Å². The summed E-state index contributed by atoms with van der Waals surface area (Å²) in [5, 5.41) is 0. The zero-order valence-corrected chi connectivity index (χ0v) is 13.6. The van der Waals surface area contributed by atoms with Gasteiger partial charge in [0.05, 0.1) is 17.4 Å². The molecule has 0 radical (unpaired) electrons. The van der Waals surface area contributed by atoms with Gasteiger partial charge < -0.3 is 10.6 Å². The number of nitrogens with two attached hydrogens (primary N) is 1. The van der Waals surface area contributed by atoms with Crippen LogP contribution in [0.1, 0.15) is 43.2 Å². The molecule has 2 aromatic heterocycles. The standard InChI is InChI=1S/C18H22FN3O/c1-10-7-13(20)8-21(10)18-11(2)17-14(12-3-4-12)5-6-16(23)22(17)9-15(18)19/h5-6,9-10,12-13H,3-4,7-8,20H2,1-2H3/t10-,13-/m0/s1. The summed E-state index contributed by atoms with van der Waals surface area (Å²) < 4.78 is 16.3. The lowest BCUT2D eigenvalue weighted by Gasteiger charge is -2.27. The highest BCUT2D eigenvalue weighted by Gasteiger charge is 2.32. The zero-order valence-electron chi connectivity index (χ0n) is 13.6. The summed E-state index contributed by atoms with van der Waals surface area (Å²) in [6.07, 6.45) is 4.50. The molecule has 0 bridgehead atoms. The van der Waals surface area contributed by atoms with Gasteiger partial charge >= 0.3 is 0 Å². The lowest BCUT2D eigenvalue weighted by molar-refractivity contribution is 0.603. The maximum Gasteiger partial charge on any atom is 0.255 e. The molecule has 2 atom stereocenters. The molecule has 3 heterocycles. The predicted molar refractivity (Wildman–Crippen MR) is 89.7 cm³/mol. The SMILES string of the molecule is Cc1c(N2C[C@@H](N)C[C@@H]2C)c(F)cn2c(=O)ccc(C3CC3)c12. The topological polar surface area (TPSA) is 50.7 Å². The highest BCUT2D eigenvalue weighted by Crippen LogP contribution is 2.43. The summed E-state index contributed by atoms with van der Waals surface area (Å²) >= 11 is 0. The summed E-state index contributed by atoms with van der Waals surface area (Å²) in [6, 6.07) is 3.75. The fraction of sp³-hybridized carbons (Fsp3) is 0.500. The van der Waals surface area contributed by atoms with Crippen molar-refractivity contribution in [3.8, 4) is 0 Å². The Bertz CT molecular complexity index is 840. The van der Waals surface area contributed by atoms with Gasteiger partial charge in [0.2, 0.25) is 0 Å². The first-order chi connectivity index (χ1) is 11.0. The van der Waals surface area contributed by atoms with E-state index in [1.807, 2.05) is 13.0 Å². The van der Waals surface area contributed by atoms with Crippen molar-refractivity contribution in [1.29, 1.82) is 0 Å². The van der Waals surface area contributed by atoms with Crippen LogP contribution < -0.4 is 16.2 Å². The van der Waals surface area contributed by atoms with Crippen molar-refractivity contribution >= 4 is 11.2 Å². The number of aromatic nitrogens is 1. The van der Waals surface area contributed by atoms with E-state index in [1.54, 1.807) is 6.07 Å². The van der Waals surface area contributed by atoms with Crippen molar-refractivity contribution in [3.63, 3.8) is 0 Å². The van der Waals surface area contributed by atoms with Gasteiger partial charge in [-0.15, -0.1) is 0 Å². The van der Waals surface area contributed by atoms with E-state index in [0.717, 1.165) is 30.3 Å². The quantitative estimate of drug-likeness (QED) is 0.926. The maximum atomic E-state index is 14.8. The molecule has 2 aliphatic rings. The molecule has 0 unspecified atom stereocenters. The number of nitrogens with zero attached hydrogens (tertiary/aromatic N) is 2. The van der Waals surface area contributed by atoms with Gasteiger partial charge in [0.25, 0.3) is 5.56 Å². The van der Waals surface area contributed by atoms with E-state index in [2.05, 4.69) is 11.8 Å². The van der Waals surface area contributed by atoms with E-state index in [-0.39, 0.29) is 23.5 Å². The molecule has 2 fully saturated rings. The van der Waals surface area contributed by atoms with Crippen LogP contribution in [-0.4, -0.2) is 23.0 Å². The van der Waals surface area contributed by atoms with E-state index in [0.29, 0.717) is 18.2 Å². The van der Waals surface area contributed by atoms with Gasteiger partial charge in [0.15, 0.2) is 5.82 Å². The number of pyridine rings is 2. The number of anilines is 1. The number of halogens is 1. The van der Waals surface area contributed by atoms with Crippen LogP contribution >= 0.6 is 0 Å². The third kappa shape index (κ3) is 2.26. The van der Waals surface area contributed by atoms with Crippen LogP contribution in [0.5, 0.6) is 0 Å². The fourth-order valence-corrected chi connectivity index (χ4v) is 4.02. The Hall–Kier alpha value is -1.88. The summed E-state index contributed by atoms with van der Waals surface area (Å²) in [5.74, 6) is 0.159. The van der Waals surface area contributed by atoms with E-state index in [4.69, 9.17) is 5.73 Å². The first-order valence-electron chi connectivity index (χ1n) is 8.34. The van der Waals surface area contributed by atoms with Crippen LogP contribution in [0, 0.1) is 12.7 Å². The molecule has 4 nitrogen and oxygen atoms in total. The summed E-state index contributed by atoms with van der Waals surface area (Å²) in [4.78, 5) is 14.2. The molecule has 5 heteroatoms. The van der Waals surface area contributed by atoms with Crippen molar-refractivity contribution in [2.24, 2.45) is 5.73 Å². The van der Waals surface area contributed by atoms with Crippen LogP contribution in [-0.2, 0) is 0 Å². The maximum absolute atomic E-state index is 14.8. The summed E-state index contributed by atoms with van der Waals surface area (Å²) in [6.45, 7) is 4.66. The second-order valence-corrected chi connectivity index (χ2v) is 7.07. The second kappa shape index (κ2) is 5.06. The van der Waals surface area contributed by atoms with Crippen LogP contribution in [0.3, 0.4) is 0 Å². The lowest BCUT2D eigenvalue weighted by atomic mass is 10.0. The Morgan fingerprint density at radius 2 is 2.04 bits per heavy atom. The van der Waals surface area contributed by atoms with Crippen LogP contribution in [0.4, 0.5) is 10.1 Å².